The number of nitrogens with two attached hydrogens (primary N) is 1. The van der Waals surface area contributed by atoms with Crippen molar-refractivity contribution in [1.29, 1.82) is 0 Å². The summed E-state index contributed by atoms with van der Waals surface area (Å²) >= 11 is 0. The van der Waals surface area contributed by atoms with Crippen molar-refractivity contribution in [2.24, 2.45) is 5.73 Å². The van der Waals surface area contributed by atoms with Gasteiger partial charge in [-0.1, -0.05) is 63.2 Å². The van der Waals surface area contributed by atoms with E-state index in [9.17, 15) is 4.79 Å². The van der Waals surface area contributed by atoms with Crippen LogP contribution in [0, 0.1) is 0 Å². The van der Waals surface area contributed by atoms with Gasteiger partial charge in [-0.15, -0.1) is 0 Å². The summed E-state index contributed by atoms with van der Waals surface area (Å²) in [4.78, 5) is 11.6. The van der Waals surface area contributed by atoms with E-state index < -0.39 is 12.0 Å². The molecule has 2 N–H and O–H groups in total. The van der Waals surface area contributed by atoms with Gasteiger partial charge in [0.1, 0.15) is 18.4 Å². The summed E-state index contributed by atoms with van der Waals surface area (Å²) in [7, 11) is 1.35. The molecule has 0 fully saturated rings. The minimum Gasteiger partial charge on any atom is -0.489 e. The molecule has 0 bridgehead atoms. The maximum absolute atomic E-state index is 11.6. The van der Waals surface area contributed by atoms with E-state index in [-0.39, 0.29) is 5.41 Å². The Balaban J connectivity index is 2.20. The first-order valence-corrected chi connectivity index (χ1v) is 8.45. The molecule has 0 saturated heterocycles. The van der Waals surface area contributed by atoms with Crippen LogP contribution in [0.1, 0.15) is 37.5 Å². The van der Waals surface area contributed by atoms with E-state index in [0.717, 1.165) is 22.4 Å². The number of hydrogen-bond donors (Lipinski definition) is 1. The van der Waals surface area contributed by atoms with Gasteiger partial charge in [-0.05, 0) is 34.6 Å². The first-order chi connectivity index (χ1) is 11.8. The third-order valence-electron chi connectivity index (χ3n) is 4.05. The minimum absolute atomic E-state index is 0.0859. The SMILES string of the molecule is COC(=O)[C@@H](N)Cc1ccc(OCc2ccccc2)c(C(C)(C)C)c1. The van der Waals surface area contributed by atoms with E-state index in [4.69, 9.17) is 15.2 Å². The number of rotatable bonds is 6. The van der Waals surface area contributed by atoms with Crippen LogP contribution in [0.3, 0.4) is 0 Å². The molecule has 2 aromatic carbocycles. The van der Waals surface area contributed by atoms with Gasteiger partial charge in [-0.2, -0.15) is 0 Å². The maximum Gasteiger partial charge on any atom is 0.322 e. The number of benzene rings is 2. The molecule has 2 aromatic rings. The van der Waals surface area contributed by atoms with Crippen LogP contribution in [0.5, 0.6) is 5.75 Å². The third kappa shape index (κ3) is 5.33. The van der Waals surface area contributed by atoms with Gasteiger partial charge in [0, 0.05) is 0 Å². The summed E-state index contributed by atoms with van der Waals surface area (Å²) < 4.78 is 10.8. The second-order valence-corrected chi connectivity index (χ2v) is 7.19. The first-order valence-electron chi connectivity index (χ1n) is 8.45. The lowest BCUT2D eigenvalue weighted by Gasteiger charge is -2.24. The van der Waals surface area contributed by atoms with E-state index in [1.165, 1.54) is 7.11 Å². The molecular formula is C21H27NO3. The van der Waals surface area contributed by atoms with Crippen molar-refractivity contribution < 1.29 is 14.3 Å². The Bertz CT molecular complexity index is 705. The van der Waals surface area contributed by atoms with Crippen molar-refractivity contribution in [2.75, 3.05) is 7.11 Å². The van der Waals surface area contributed by atoms with Crippen LogP contribution in [0.15, 0.2) is 48.5 Å². The van der Waals surface area contributed by atoms with Crippen LogP contribution < -0.4 is 10.5 Å². The summed E-state index contributed by atoms with van der Waals surface area (Å²) in [6, 6.07) is 15.4. The molecule has 0 radical (unpaired) electrons. The van der Waals surface area contributed by atoms with E-state index in [1.54, 1.807) is 0 Å². The Kier molecular flexibility index (Phi) is 6.21. The maximum atomic E-state index is 11.6. The molecule has 0 aliphatic rings. The zero-order valence-corrected chi connectivity index (χ0v) is 15.4. The van der Waals surface area contributed by atoms with Gasteiger partial charge in [0.05, 0.1) is 7.11 Å². The summed E-state index contributed by atoms with van der Waals surface area (Å²) in [5.41, 5.74) is 9.01. The molecule has 134 valence electrons. The highest BCUT2D eigenvalue weighted by molar-refractivity contribution is 5.75. The van der Waals surface area contributed by atoms with Crippen molar-refractivity contribution in [1.82, 2.24) is 0 Å². The second kappa shape index (κ2) is 8.17. The fraction of sp³-hybridized carbons (Fsp3) is 0.381. The van der Waals surface area contributed by atoms with Gasteiger partial charge in [0.25, 0.3) is 0 Å². The summed E-state index contributed by atoms with van der Waals surface area (Å²) in [5, 5.41) is 0. The Morgan fingerprint density at radius 1 is 1.08 bits per heavy atom. The summed E-state index contributed by atoms with van der Waals surface area (Å²) in [6.07, 6.45) is 0.439. The molecular weight excluding hydrogens is 314 g/mol. The molecule has 0 aliphatic carbocycles. The third-order valence-corrected chi connectivity index (χ3v) is 4.05. The lowest BCUT2D eigenvalue weighted by molar-refractivity contribution is -0.142. The Labute approximate surface area is 150 Å². The van der Waals surface area contributed by atoms with Crippen molar-refractivity contribution in [2.45, 2.75) is 45.3 Å². The van der Waals surface area contributed by atoms with Crippen LogP contribution in [0.25, 0.3) is 0 Å². The predicted octanol–water partition coefficient (Wildman–Crippen LogP) is 3.61. The predicted molar refractivity (Wildman–Crippen MR) is 99.6 cm³/mol. The molecule has 0 spiro atoms. The Morgan fingerprint density at radius 2 is 1.76 bits per heavy atom. The highest BCUT2D eigenvalue weighted by Gasteiger charge is 2.21. The lowest BCUT2D eigenvalue weighted by atomic mass is 9.84. The van der Waals surface area contributed by atoms with Gasteiger partial charge in [0.2, 0.25) is 0 Å². The zero-order chi connectivity index (χ0) is 18.4. The summed E-state index contributed by atoms with van der Waals surface area (Å²) in [5.74, 6) is 0.452. The summed E-state index contributed by atoms with van der Waals surface area (Å²) in [6.45, 7) is 6.94. The van der Waals surface area contributed by atoms with Crippen molar-refractivity contribution in [3.63, 3.8) is 0 Å². The fourth-order valence-corrected chi connectivity index (χ4v) is 2.64. The quantitative estimate of drug-likeness (QED) is 0.816. The van der Waals surface area contributed by atoms with Crippen LogP contribution in [0.4, 0.5) is 0 Å². The van der Waals surface area contributed by atoms with Gasteiger partial charge >= 0.3 is 5.97 Å². The van der Waals surface area contributed by atoms with Crippen LogP contribution in [-0.4, -0.2) is 19.1 Å². The van der Waals surface area contributed by atoms with Gasteiger partial charge in [0.15, 0.2) is 0 Å². The van der Waals surface area contributed by atoms with Gasteiger partial charge in [-0.3, -0.25) is 4.79 Å². The molecule has 1 atom stereocenters. The average Bonchev–Trinajstić information content (AvgIpc) is 2.59. The van der Waals surface area contributed by atoms with Gasteiger partial charge < -0.3 is 15.2 Å². The molecule has 25 heavy (non-hydrogen) atoms. The Hall–Kier alpha value is -2.33. The largest absolute Gasteiger partial charge is 0.489 e. The highest BCUT2D eigenvalue weighted by atomic mass is 16.5. The first kappa shape index (κ1) is 19.0. The number of methoxy groups -OCH3 is 1. The monoisotopic (exact) mass is 341 g/mol. The molecule has 0 saturated carbocycles. The van der Waals surface area contributed by atoms with E-state index >= 15 is 0 Å². The van der Waals surface area contributed by atoms with Gasteiger partial charge in [-0.25, -0.2) is 0 Å². The smallest absolute Gasteiger partial charge is 0.322 e. The normalized spacial score (nSPS) is 12.5. The molecule has 4 heteroatoms. The zero-order valence-electron chi connectivity index (χ0n) is 15.4. The van der Waals surface area contributed by atoms with E-state index in [2.05, 4.69) is 26.8 Å². The molecule has 0 aliphatic heterocycles. The number of ether oxygens (including phenoxy) is 2. The van der Waals surface area contributed by atoms with Crippen LogP contribution >= 0.6 is 0 Å². The van der Waals surface area contributed by atoms with E-state index in [1.807, 2.05) is 42.5 Å². The standard InChI is InChI=1S/C21H27NO3/c1-21(2,3)17-12-16(13-18(22)20(23)24-4)10-11-19(17)25-14-15-8-6-5-7-9-15/h5-12,18H,13-14,22H2,1-4H3/t18-/m0/s1. The Morgan fingerprint density at radius 3 is 2.36 bits per heavy atom. The molecule has 0 heterocycles. The number of hydrogen-bond acceptors (Lipinski definition) is 4. The molecule has 0 amide bonds. The molecule has 4 nitrogen and oxygen atoms in total. The van der Waals surface area contributed by atoms with Crippen LogP contribution in [-0.2, 0) is 28.0 Å². The van der Waals surface area contributed by atoms with E-state index in [0.29, 0.717) is 13.0 Å². The lowest BCUT2D eigenvalue weighted by Crippen LogP contribution is -2.33. The molecule has 0 unspecified atom stereocenters. The minimum atomic E-state index is -0.658. The average molecular weight is 341 g/mol. The number of carbonyl (C=O) groups is 1. The fourth-order valence-electron chi connectivity index (χ4n) is 2.64. The van der Waals surface area contributed by atoms with Crippen molar-refractivity contribution in [3.05, 3.63) is 65.2 Å². The molecule has 2 rings (SSSR count). The van der Waals surface area contributed by atoms with Crippen molar-refractivity contribution >= 4 is 5.97 Å². The molecule has 0 aromatic heterocycles. The van der Waals surface area contributed by atoms with Crippen molar-refractivity contribution in [3.8, 4) is 5.75 Å². The number of carbonyl (C=O) groups excluding carboxylic acids is 1. The number of esters is 1. The van der Waals surface area contributed by atoms with Crippen LogP contribution in [0.2, 0.25) is 0 Å². The second-order valence-electron chi connectivity index (χ2n) is 7.19. The topological polar surface area (TPSA) is 61.5 Å². The highest BCUT2D eigenvalue weighted by Crippen LogP contribution is 2.33.